The molecule has 1 saturated heterocycles. The minimum Gasteiger partial charge on any atom is -0.480 e. The Morgan fingerprint density at radius 2 is 1.63 bits per heavy atom. The molecule has 1 aliphatic heterocycles. The van der Waals surface area contributed by atoms with Crippen LogP contribution in [0.4, 0.5) is 4.79 Å². The second-order valence-corrected chi connectivity index (χ2v) is 10.0. The van der Waals surface area contributed by atoms with Gasteiger partial charge in [-0.3, -0.25) is 14.5 Å². The van der Waals surface area contributed by atoms with E-state index in [-0.39, 0.29) is 31.4 Å². The molecule has 35 heavy (non-hydrogen) atoms. The van der Waals surface area contributed by atoms with E-state index in [2.05, 4.69) is 29.6 Å². The molecule has 0 spiro atoms. The summed E-state index contributed by atoms with van der Waals surface area (Å²) in [5.74, 6) is -1.05. The Hall–Kier alpha value is -3.39. The summed E-state index contributed by atoms with van der Waals surface area (Å²) in [6, 6.07) is 15.7. The molecular formula is C27H33N3O5. The van der Waals surface area contributed by atoms with Crippen LogP contribution in [0.2, 0.25) is 0 Å². The van der Waals surface area contributed by atoms with Crippen molar-refractivity contribution in [3.05, 3.63) is 59.7 Å². The first kappa shape index (κ1) is 24.7. The lowest BCUT2D eigenvalue weighted by Crippen LogP contribution is -2.56. The number of carboxylic acids is 1. The summed E-state index contributed by atoms with van der Waals surface area (Å²) in [7, 11) is 1.75. The zero-order valence-corrected chi connectivity index (χ0v) is 20.5. The predicted octanol–water partition coefficient (Wildman–Crippen LogP) is 3.31. The number of carbonyl (C=O) groups is 3. The number of carbonyl (C=O) groups excluding carboxylic acids is 2. The fourth-order valence-corrected chi connectivity index (χ4v) is 4.92. The molecule has 0 aromatic heterocycles. The summed E-state index contributed by atoms with van der Waals surface area (Å²) in [6.45, 7) is 5.12. The van der Waals surface area contributed by atoms with E-state index in [0.29, 0.717) is 19.5 Å². The van der Waals surface area contributed by atoms with Gasteiger partial charge in [0.2, 0.25) is 5.91 Å². The van der Waals surface area contributed by atoms with Crippen molar-refractivity contribution >= 4 is 18.0 Å². The topological polar surface area (TPSA) is 99.2 Å². The van der Waals surface area contributed by atoms with Crippen LogP contribution >= 0.6 is 0 Å². The van der Waals surface area contributed by atoms with Gasteiger partial charge in [0, 0.05) is 37.5 Å². The SMILES string of the molecule is CN1CCN(C(=O)CCC(C)(C)NC(=O)OCC2c3ccccc3-c3ccccc32)CC1C(=O)O. The fraction of sp³-hybridized carbons (Fsp3) is 0.444. The highest BCUT2D eigenvalue weighted by molar-refractivity contribution is 5.80. The summed E-state index contributed by atoms with van der Waals surface area (Å²) in [5.41, 5.74) is 3.99. The number of aliphatic carboxylic acids is 1. The molecule has 0 saturated carbocycles. The van der Waals surface area contributed by atoms with E-state index < -0.39 is 23.6 Å². The number of likely N-dealkylation sites (N-methyl/N-ethyl adjacent to an activating group) is 1. The zero-order chi connectivity index (χ0) is 25.2. The third kappa shape index (κ3) is 5.48. The molecular weight excluding hydrogens is 446 g/mol. The van der Waals surface area contributed by atoms with Crippen LogP contribution in [0, 0.1) is 0 Å². The molecule has 186 valence electrons. The van der Waals surface area contributed by atoms with Crippen LogP contribution in [0.15, 0.2) is 48.5 Å². The summed E-state index contributed by atoms with van der Waals surface area (Å²) in [6.07, 6.45) is 0.113. The molecule has 2 aromatic carbocycles. The normalized spacial score (nSPS) is 18.0. The highest BCUT2D eigenvalue weighted by atomic mass is 16.5. The number of nitrogens with zero attached hydrogens (tertiary/aromatic N) is 2. The zero-order valence-electron chi connectivity index (χ0n) is 20.5. The number of carboxylic acid groups (broad SMARTS) is 1. The van der Waals surface area contributed by atoms with Gasteiger partial charge in [-0.25, -0.2) is 4.79 Å². The van der Waals surface area contributed by atoms with Crippen molar-refractivity contribution in [1.29, 1.82) is 0 Å². The third-order valence-corrected chi connectivity index (χ3v) is 7.03. The smallest absolute Gasteiger partial charge is 0.407 e. The average Bonchev–Trinajstić information content (AvgIpc) is 3.15. The summed E-state index contributed by atoms with van der Waals surface area (Å²) < 4.78 is 5.63. The molecule has 1 aliphatic carbocycles. The van der Waals surface area contributed by atoms with E-state index in [4.69, 9.17) is 4.74 Å². The number of benzene rings is 2. The first-order valence-corrected chi connectivity index (χ1v) is 12.0. The van der Waals surface area contributed by atoms with Gasteiger partial charge in [0.25, 0.3) is 0 Å². The summed E-state index contributed by atoms with van der Waals surface area (Å²) in [4.78, 5) is 40.1. The quantitative estimate of drug-likeness (QED) is 0.632. The first-order chi connectivity index (χ1) is 16.7. The highest BCUT2D eigenvalue weighted by Gasteiger charge is 2.33. The summed E-state index contributed by atoms with van der Waals surface area (Å²) in [5, 5.41) is 12.2. The van der Waals surface area contributed by atoms with E-state index in [1.54, 1.807) is 16.8 Å². The van der Waals surface area contributed by atoms with Gasteiger partial charge in [-0.2, -0.15) is 0 Å². The number of amides is 2. The van der Waals surface area contributed by atoms with Crippen molar-refractivity contribution in [3.8, 4) is 11.1 Å². The minimum atomic E-state index is -0.928. The van der Waals surface area contributed by atoms with Crippen molar-refractivity contribution in [2.75, 3.05) is 33.3 Å². The molecule has 2 amide bonds. The molecule has 2 aliphatic rings. The molecule has 2 N–H and O–H groups in total. The molecule has 8 nitrogen and oxygen atoms in total. The van der Waals surface area contributed by atoms with E-state index in [1.165, 1.54) is 11.1 Å². The molecule has 1 heterocycles. The Morgan fingerprint density at radius 1 is 1.03 bits per heavy atom. The van der Waals surface area contributed by atoms with Gasteiger partial charge in [0.05, 0.1) is 0 Å². The lowest BCUT2D eigenvalue weighted by Gasteiger charge is -2.37. The van der Waals surface area contributed by atoms with Gasteiger partial charge < -0.3 is 20.1 Å². The van der Waals surface area contributed by atoms with Gasteiger partial charge >= 0.3 is 12.1 Å². The molecule has 1 fully saturated rings. The molecule has 4 rings (SSSR count). The third-order valence-electron chi connectivity index (χ3n) is 7.03. The maximum atomic E-state index is 12.7. The van der Waals surface area contributed by atoms with Crippen molar-refractivity contribution in [3.63, 3.8) is 0 Å². The van der Waals surface area contributed by atoms with Gasteiger partial charge in [0.1, 0.15) is 12.6 Å². The van der Waals surface area contributed by atoms with Crippen LogP contribution in [-0.4, -0.2) is 77.7 Å². The number of fused-ring (bicyclic) bond motifs is 3. The average molecular weight is 480 g/mol. The second-order valence-electron chi connectivity index (χ2n) is 10.0. The van der Waals surface area contributed by atoms with Crippen molar-refractivity contribution in [1.82, 2.24) is 15.1 Å². The number of piperazine rings is 1. The van der Waals surface area contributed by atoms with E-state index >= 15 is 0 Å². The van der Waals surface area contributed by atoms with E-state index in [9.17, 15) is 19.5 Å². The Kier molecular flexibility index (Phi) is 7.12. The maximum Gasteiger partial charge on any atom is 0.407 e. The molecule has 1 unspecified atom stereocenters. The second kappa shape index (κ2) is 10.1. The van der Waals surface area contributed by atoms with E-state index in [1.807, 2.05) is 38.1 Å². The standard InChI is InChI=1S/C27H33N3O5/c1-27(2,13-12-24(31)30-15-14-29(3)23(16-30)25(32)33)28-26(34)35-17-22-20-10-6-4-8-18(20)19-9-5-7-11-21(19)22/h4-11,22-23H,12-17H2,1-3H3,(H,28,34)(H,32,33). The largest absolute Gasteiger partial charge is 0.480 e. The Balaban J connectivity index is 1.29. The van der Waals surface area contributed by atoms with Gasteiger partial charge in [-0.1, -0.05) is 48.5 Å². The number of hydrogen-bond donors (Lipinski definition) is 2. The van der Waals surface area contributed by atoms with Crippen LogP contribution in [-0.2, 0) is 14.3 Å². The fourth-order valence-electron chi connectivity index (χ4n) is 4.92. The Bertz CT molecular complexity index is 1070. The van der Waals surface area contributed by atoms with E-state index in [0.717, 1.165) is 11.1 Å². The lowest BCUT2D eigenvalue weighted by molar-refractivity contribution is -0.147. The first-order valence-electron chi connectivity index (χ1n) is 12.0. The molecule has 1 atom stereocenters. The van der Waals surface area contributed by atoms with Crippen LogP contribution < -0.4 is 5.32 Å². The molecule has 2 aromatic rings. The molecule has 8 heteroatoms. The number of alkyl carbamates (subject to hydrolysis) is 1. The number of hydrogen-bond acceptors (Lipinski definition) is 5. The minimum absolute atomic E-state index is 0.0164. The maximum absolute atomic E-state index is 12.7. The van der Waals surface area contributed by atoms with Crippen LogP contribution in [0.5, 0.6) is 0 Å². The van der Waals surface area contributed by atoms with Gasteiger partial charge in [0.15, 0.2) is 0 Å². The van der Waals surface area contributed by atoms with Gasteiger partial charge in [-0.05, 0) is 49.6 Å². The predicted molar refractivity (Wildman–Crippen MR) is 132 cm³/mol. The Labute approximate surface area is 205 Å². The van der Waals surface area contributed by atoms with Crippen molar-refractivity contribution in [2.24, 2.45) is 0 Å². The monoisotopic (exact) mass is 479 g/mol. The number of rotatable bonds is 7. The Morgan fingerprint density at radius 3 is 2.23 bits per heavy atom. The molecule has 0 radical (unpaired) electrons. The number of ether oxygens (including phenoxy) is 1. The van der Waals surface area contributed by atoms with Crippen LogP contribution in [0.3, 0.4) is 0 Å². The van der Waals surface area contributed by atoms with Crippen LogP contribution in [0.1, 0.15) is 43.7 Å². The van der Waals surface area contributed by atoms with Crippen LogP contribution in [0.25, 0.3) is 11.1 Å². The van der Waals surface area contributed by atoms with Crippen molar-refractivity contribution < 1.29 is 24.2 Å². The van der Waals surface area contributed by atoms with Gasteiger partial charge in [-0.15, -0.1) is 0 Å². The highest BCUT2D eigenvalue weighted by Crippen LogP contribution is 2.44. The number of nitrogens with one attached hydrogen (secondary N) is 1. The lowest BCUT2D eigenvalue weighted by atomic mass is 9.97. The van der Waals surface area contributed by atoms with Crippen molar-refractivity contribution in [2.45, 2.75) is 44.2 Å². The summed E-state index contributed by atoms with van der Waals surface area (Å²) >= 11 is 0. The molecule has 0 bridgehead atoms.